The molecule has 4 aromatic heterocycles. The van der Waals surface area contributed by atoms with E-state index in [2.05, 4.69) is 45.0 Å². The fourth-order valence-electron chi connectivity index (χ4n) is 7.42. The van der Waals surface area contributed by atoms with Crippen LogP contribution in [0, 0.1) is 11.8 Å². The van der Waals surface area contributed by atoms with Crippen molar-refractivity contribution in [3.05, 3.63) is 104 Å². The number of aromatic nitrogens is 6. The normalized spacial score (nSPS) is 14.6. The van der Waals surface area contributed by atoms with Crippen LogP contribution in [0.15, 0.2) is 87.8 Å². The van der Waals surface area contributed by atoms with Crippen LogP contribution >= 0.6 is 48.0 Å². The second-order valence-electron chi connectivity index (χ2n) is 15.8. The number of rotatable bonds is 11. The number of nitrogens with two attached hydrogens (primary N) is 2. The molecule has 0 atom stereocenters. The average molecular weight is 1020 g/mol. The lowest BCUT2D eigenvalue weighted by Crippen LogP contribution is -2.40. The number of amides is 1. The maximum absolute atomic E-state index is 12.6. The van der Waals surface area contributed by atoms with Crippen LogP contribution in [0.5, 0.6) is 0 Å². The van der Waals surface area contributed by atoms with Crippen molar-refractivity contribution in [3.63, 3.8) is 0 Å². The molecule has 0 saturated carbocycles. The smallest absolute Gasteiger partial charge is 0.319 e. The third-order valence-corrected chi connectivity index (χ3v) is 12.6. The Morgan fingerprint density at radius 3 is 1.72 bits per heavy atom. The summed E-state index contributed by atoms with van der Waals surface area (Å²) in [6.45, 7) is 5.89. The summed E-state index contributed by atoms with van der Waals surface area (Å²) in [7, 11) is -2.13. The SMILES string of the molecule is COC(=O)CN1CCC(CNc2ncc3cc(-c4ccccc4Cl)c(=O)[nH]c3n2)CC1.CS(=O)(=O)c1ncc2cc(-c3ccccc3Cl)c(=O)[nH]c2n1.Cl.Cl.NCC1CCN(CC(N)=O)CC1. The predicted molar refractivity (Wildman–Crippen MR) is 266 cm³/mol. The summed E-state index contributed by atoms with van der Waals surface area (Å²) in [5, 5.41) is 5.15. The molecule has 67 heavy (non-hydrogen) atoms. The number of carbonyl (C=O) groups is 2. The third kappa shape index (κ3) is 15.1. The summed E-state index contributed by atoms with van der Waals surface area (Å²) in [5.74, 6) is 1.16. The van der Waals surface area contributed by atoms with Crippen LogP contribution in [0.1, 0.15) is 25.7 Å². The van der Waals surface area contributed by atoms with Crippen molar-refractivity contribution in [1.82, 2.24) is 39.7 Å². The molecular formula is C44H53Cl4N11O7S. The van der Waals surface area contributed by atoms with Crippen molar-refractivity contribution in [2.75, 3.05) is 71.0 Å². The van der Waals surface area contributed by atoms with Crippen molar-refractivity contribution in [2.45, 2.75) is 30.8 Å². The van der Waals surface area contributed by atoms with Crippen molar-refractivity contribution < 1.29 is 22.7 Å². The number of piperidine rings is 2. The first-order chi connectivity index (χ1) is 31.1. The predicted octanol–water partition coefficient (Wildman–Crippen LogP) is 4.96. The standard InChI is InChI=1S/C22H24ClN5O3.C14H10ClN3O3S.C8H17N3O.2ClH/c1-31-19(29)13-28-8-6-14(7-9-28)11-24-22-25-12-15-10-17(21(30)26-20(15)27-22)16-4-2-3-5-18(16)23;1-22(20,21)14-16-7-8-6-10(13(19)17-12(8)18-14)9-4-2-3-5-11(9)15;9-5-7-1-3-11(4-2-7)6-8(10)12;;/h2-5,10,12,14H,6-9,11,13H2,1H3,(H2,24,25,26,27,30);2-7H,1H3,(H,16,17,18,19);7H,1-6,9H2,(H2,10,12);2*1H. The van der Waals surface area contributed by atoms with Gasteiger partial charge in [0, 0.05) is 68.3 Å². The second-order valence-corrected chi connectivity index (χ2v) is 18.5. The Morgan fingerprint density at radius 2 is 1.24 bits per heavy atom. The largest absolute Gasteiger partial charge is 0.468 e. The maximum Gasteiger partial charge on any atom is 0.319 e. The highest BCUT2D eigenvalue weighted by molar-refractivity contribution is 7.90. The van der Waals surface area contributed by atoms with Crippen LogP contribution < -0.4 is 27.9 Å². The number of hydrogen-bond acceptors (Lipinski definition) is 15. The van der Waals surface area contributed by atoms with Crippen molar-refractivity contribution in [2.24, 2.45) is 23.3 Å². The summed E-state index contributed by atoms with van der Waals surface area (Å²) in [5.41, 5.74) is 12.7. The van der Waals surface area contributed by atoms with Crippen LogP contribution in [0.25, 0.3) is 44.3 Å². The molecule has 18 nitrogen and oxygen atoms in total. The number of sulfone groups is 1. The van der Waals surface area contributed by atoms with E-state index in [9.17, 15) is 27.6 Å². The van der Waals surface area contributed by atoms with E-state index < -0.39 is 15.4 Å². The number of anilines is 1. The van der Waals surface area contributed by atoms with Crippen LogP contribution in [0.2, 0.25) is 10.0 Å². The molecule has 0 unspecified atom stereocenters. The molecule has 23 heteroatoms. The Hall–Kier alpha value is -5.25. The van der Waals surface area contributed by atoms with Crippen LogP contribution in [0.3, 0.4) is 0 Å². The third-order valence-electron chi connectivity index (χ3n) is 11.1. The van der Waals surface area contributed by atoms with Gasteiger partial charge in [-0.2, -0.15) is 4.98 Å². The first kappa shape index (κ1) is 54.4. The first-order valence-corrected chi connectivity index (χ1v) is 23.5. The van der Waals surface area contributed by atoms with Gasteiger partial charge in [0.05, 0.1) is 20.2 Å². The molecule has 0 spiro atoms. The molecule has 1 amide bonds. The summed E-state index contributed by atoms with van der Waals surface area (Å²) in [6.07, 6.45) is 8.22. The van der Waals surface area contributed by atoms with E-state index in [0.29, 0.717) is 74.2 Å². The molecule has 0 aliphatic carbocycles. The van der Waals surface area contributed by atoms with Crippen LogP contribution in [-0.4, -0.2) is 126 Å². The lowest BCUT2D eigenvalue weighted by molar-refractivity contribution is -0.142. The van der Waals surface area contributed by atoms with E-state index in [1.54, 1.807) is 48.7 Å². The number of carbonyl (C=O) groups excluding carboxylic acids is 2. The zero-order valence-electron chi connectivity index (χ0n) is 36.7. The Bertz CT molecular complexity index is 2870. The highest BCUT2D eigenvalue weighted by Gasteiger charge is 2.22. The van der Waals surface area contributed by atoms with Crippen LogP contribution in [0.4, 0.5) is 5.95 Å². The van der Waals surface area contributed by atoms with Gasteiger partial charge in [0.1, 0.15) is 11.3 Å². The highest BCUT2D eigenvalue weighted by atomic mass is 35.5. The number of nitrogens with zero attached hydrogens (tertiary/aromatic N) is 6. The number of methoxy groups -OCH3 is 1. The number of aromatic amines is 2. The van der Waals surface area contributed by atoms with Gasteiger partial charge in [0.2, 0.25) is 26.8 Å². The molecule has 0 bridgehead atoms. The number of esters is 1. The van der Waals surface area contributed by atoms with Gasteiger partial charge in [0.25, 0.3) is 11.1 Å². The second kappa shape index (κ2) is 25.2. The fourth-order valence-corrected chi connectivity index (χ4v) is 8.40. The Balaban J connectivity index is 0.000000237. The first-order valence-electron chi connectivity index (χ1n) is 20.9. The number of ether oxygens (including phenoxy) is 1. The van der Waals surface area contributed by atoms with Gasteiger partial charge in [-0.1, -0.05) is 59.6 Å². The van der Waals surface area contributed by atoms with Gasteiger partial charge in [-0.25, -0.2) is 23.4 Å². The number of halogens is 4. The number of pyridine rings is 2. The zero-order valence-corrected chi connectivity index (χ0v) is 40.7. The lowest BCUT2D eigenvalue weighted by Gasteiger charge is -2.31. The van der Waals surface area contributed by atoms with E-state index >= 15 is 0 Å². The molecular weight excluding hydrogens is 968 g/mol. The lowest BCUT2D eigenvalue weighted by atomic mass is 9.97. The van der Waals surface area contributed by atoms with E-state index in [4.69, 9.17) is 39.4 Å². The molecule has 2 aliphatic rings. The molecule has 6 heterocycles. The molecule has 2 saturated heterocycles. The van der Waals surface area contributed by atoms with E-state index in [1.165, 1.54) is 13.3 Å². The summed E-state index contributed by atoms with van der Waals surface area (Å²) in [4.78, 5) is 72.9. The number of hydrogen-bond donors (Lipinski definition) is 5. The van der Waals surface area contributed by atoms with Crippen molar-refractivity contribution >= 4 is 97.7 Å². The molecule has 2 fully saturated rings. The van der Waals surface area contributed by atoms with Crippen LogP contribution in [-0.2, 0) is 24.2 Å². The number of likely N-dealkylation sites (tertiary alicyclic amines) is 2. The topological polar surface area (TPSA) is 265 Å². The summed E-state index contributed by atoms with van der Waals surface area (Å²) in [6, 6.07) is 17.5. The summed E-state index contributed by atoms with van der Waals surface area (Å²) >= 11 is 12.3. The van der Waals surface area contributed by atoms with E-state index in [-0.39, 0.29) is 53.1 Å². The minimum Gasteiger partial charge on any atom is -0.468 e. The highest BCUT2D eigenvalue weighted by Crippen LogP contribution is 2.28. The van der Waals surface area contributed by atoms with Gasteiger partial charge < -0.3 is 31.5 Å². The minimum absolute atomic E-state index is 0. The number of fused-ring (bicyclic) bond motifs is 2. The Labute approximate surface area is 409 Å². The molecule has 0 radical (unpaired) electrons. The molecule has 7 N–H and O–H groups in total. The van der Waals surface area contributed by atoms with Gasteiger partial charge in [-0.05, 0) is 94.5 Å². The average Bonchev–Trinajstić information content (AvgIpc) is 3.29. The van der Waals surface area contributed by atoms with Gasteiger partial charge in [-0.3, -0.25) is 29.0 Å². The molecule has 2 aliphatic heterocycles. The monoisotopic (exact) mass is 1020 g/mol. The minimum atomic E-state index is -3.54. The van der Waals surface area contributed by atoms with Gasteiger partial charge in [-0.15, -0.1) is 24.8 Å². The van der Waals surface area contributed by atoms with Crippen molar-refractivity contribution in [3.8, 4) is 22.3 Å². The molecule has 360 valence electrons. The van der Waals surface area contributed by atoms with Crippen molar-refractivity contribution in [1.29, 1.82) is 0 Å². The fraction of sp³-hybridized carbons (Fsp3) is 0.364. The molecule has 8 rings (SSSR count). The van der Waals surface area contributed by atoms with E-state index in [1.807, 2.05) is 18.2 Å². The Kier molecular flexibility index (Phi) is 20.5. The molecule has 6 aromatic rings. The number of primary amides is 1. The van der Waals surface area contributed by atoms with E-state index in [0.717, 1.165) is 76.6 Å². The maximum atomic E-state index is 12.6. The number of nitrogens with one attached hydrogen (secondary N) is 3. The quantitative estimate of drug-likeness (QED) is 0.0848. The van der Waals surface area contributed by atoms with Gasteiger partial charge >= 0.3 is 5.97 Å². The summed E-state index contributed by atoms with van der Waals surface area (Å²) < 4.78 is 27.6. The Morgan fingerprint density at radius 1 is 0.761 bits per heavy atom. The number of H-pyrrole nitrogens is 2. The zero-order chi connectivity index (χ0) is 46.7. The molecule has 2 aromatic carbocycles. The van der Waals surface area contributed by atoms with Gasteiger partial charge in [0.15, 0.2) is 0 Å². The number of benzene rings is 2.